The van der Waals surface area contributed by atoms with E-state index in [1.54, 1.807) is 26.4 Å². The molecule has 0 saturated carbocycles. The molecule has 1 N–H and O–H groups in total. The highest BCUT2D eigenvalue weighted by Crippen LogP contribution is 2.38. The van der Waals surface area contributed by atoms with E-state index in [-0.39, 0.29) is 24.1 Å². The Kier molecular flexibility index (Phi) is 3.63. The number of rotatable bonds is 3. The fourth-order valence-corrected chi connectivity index (χ4v) is 2.55. The molecule has 1 unspecified atom stereocenters. The Bertz CT molecular complexity index is 723. The van der Waals surface area contributed by atoms with E-state index in [4.69, 9.17) is 14.2 Å². The van der Waals surface area contributed by atoms with Gasteiger partial charge in [0.1, 0.15) is 17.6 Å². The van der Waals surface area contributed by atoms with Crippen molar-refractivity contribution in [2.45, 2.75) is 12.5 Å². The number of ketones is 1. The topological polar surface area (TPSA) is 65.0 Å². The largest absolute Gasteiger partial charge is 0.508 e. The fraction of sp³-hybridized carbons (Fsp3) is 0.235. The third-order valence-electron chi connectivity index (χ3n) is 3.68. The van der Waals surface area contributed by atoms with Gasteiger partial charge in [-0.3, -0.25) is 4.79 Å². The standard InChI is InChI=1S/C17H16O5/c1-20-15-5-3-10(7-17(15)21-2)16-9-13(19)12-8-11(18)4-6-14(12)22-16/h3-8,16,18H,9H2,1-2H3. The lowest BCUT2D eigenvalue weighted by Crippen LogP contribution is -2.20. The van der Waals surface area contributed by atoms with Crippen molar-refractivity contribution in [1.29, 1.82) is 0 Å². The van der Waals surface area contributed by atoms with Crippen LogP contribution >= 0.6 is 0 Å². The molecule has 0 spiro atoms. The van der Waals surface area contributed by atoms with Gasteiger partial charge in [-0.25, -0.2) is 0 Å². The predicted molar refractivity (Wildman–Crippen MR) is 80.0 cm³/mol. The molecule has 0 saturated heterocycles. The van der Waals surface area contributed by atoms with E-state index in [0.717, 1.165) is 5.56 Å². The van der Waals surface area contributed by atoms with Gasteiger partial charge in [0.05, 0.1) is 26.2 Å². The van der Waals surface area contributed by atoms with Gasteiger partial charge in [-0.2, -0.15) is 0 Å². The number of benzene rings is 2. The molecular formula is C17H16O5. The quantitative estimate of drug-likeness (QED) is 0.943. The number of aromatic hydroxyl groups is 1. The zero-order chi connectivity index (χ0) is 15.7. The number of phenolic OH excluding ortho intramolecular Hbond substituents is 1. The molecule has 1 aliphatic rings. The molecule has 114 valence electrons. The smallest absolute Gasteiger partial charge is 0.170 e. The molecular weight excluding hydrogens is 284 g/mol. The van der Waals surface area contributed by atoms with Gasteiger partial charge in [0, 0.05) is 0 Å². The van der Waals surface area contributed by atoms with Crippen LogP contribution in [0.2, 0.25) is 0 Å². The van der Waals surface area contributed by atoms with Gasteiger partial charge in [-0.15, -0.1) is 0 Å². The lowest BCUT2D eigenvalue weighted by atomic mass is 9.96. The van der Waals surface area contributed by atoms with Crippen LogP contribution in [0.4, 0.5) is 0 Å². The van der Waals surface area contributed by atoms with Crippen molar-refractivity contribution >= 4 is 5.78 Å². The molecule has 5 nitrogen and oxygen atoms in total. The zero-order valence-electron chi connectivity index (χ0n) is 12.3. The van der Waals surface area contributed by atoms with Gasteiger partial charge in [0.15, 0.2) is 17.3 Å². The number of hydrogen-bond acceptors (Lipinski definition) is 5. The van der Waals surface area contributed by atoms with Crippen LogP contribution in [0.3, 0.4) is 0 Å². The van der Waals surface area contributed by atoms with Crippen LogP contribution in [0.5, 0.6) is 23.0 Å². The molecule has 0 aromatic heterocycles. The average molecular weight is 300 g/mol. The Labute approximate surface area is 128 Å². The van der Waals surface area contributed by atoms with Crippen LogP contribution in [0.15, 0.2) is 36.4 Å². The van der Waals surface area contributed by atoms with Gasteiger partial charge in [-0.05, 0) is 35.9 Å². The highest BCUT2D eigenvalue weighted by atomic mass is 16.5. The molecule has 0 aliphatic carbocycles. The van der Waals surface area contributed by atoms with Crippen LogP contribution in [0.25, 0.3) is 0 Å². The number of fused-ring (bicyclic) bond motifs is 1. The Morgan fingerprint density at radius 2 is 1.86 bits per heavy atom. The summed E-state index contributed by atoms with van der Waals surface area (Å²) in [5, 5.41) is 9.48. The predicted octanol–water partition coefficient (Wildman–Crippen LogP) is 3.12. The maximum Gasteiger partial charge on any atom is 0.170 e. The molecule has 2 aromatic rings. The first-order valence-corrected chi connectivity index (χ1v) is 6.87. The van der Waals surface area contributed by atoms with Crippen molar-refractivity contribution in [3.63, 3.8) is 0 Å². The first-order valence-electron chi connectivity index (χ1n) is 6.87. The van der Waals surface area contributed by atoms with Crippen molar-refractivity contribution in [2.24, 2.45) is 0 Å². The number of carbonyl (C=O) groups excluding carboxylic acids is 1. The lowest BCUT2D eigenvalue weighted by molar-refractivity contribution is 0.0849. The van der Waals surface area contributed by atoms with Crippen LogP contribution in [-0.4, -0.2) is 25.1 Å². The molecule has 0 bridgehead atoms. The summed E-state index contributed by atoms with van der Waals surface area (Å²) in [5.41, 5.74) is 1.25. The van der Waals surface area contributed by atoms with E-state index >= 15 is 0 Å². The Morgan fingerprint density at radius 3 is 2.59 bits per heavy atom. The van der Waals surface area contributed by atoms with Crippen molar-refractivity contribution in [3.05, 3.63) is 47.5 Å². The maximum absolute atomic E-state index is 12.3. The summed E-state index contributed by atoms with van der Waals surface area (Å²) >= 11 is 0. The van der Waals surface area contributed by atoms with Crippen LogP contribution in [0.1, 0.15) is 28.4 Å². The van der Waals surface area contributed by atoms with Gasteiger partial charge in [0.2, 0.25) is 0 Å². The second kappa shape index (κ2) is 5.60. The average Bonchev–Trinajstić information content (AvgIpc) is 2.54. The van der Waals surface area contributed by atoms with E-state index in [1.165, 1.54) is 12.1 Å². The maximum atomic E-state index is 12.3. The number of methoxy groups -OCH3 is 2. The van der Waals surface area contributed by atoms with E-state index in [1.807, 2.05) is 12.1 Å². The van der Waals surface area contributed by atoms with Gasteiger partial charge in [0.25, 0.3) is 0 Å². The van der Waals surface area contributed by atoms with Crippen molar-refractivity contribution in [1.82, 2.24) is 0 Å². The molecule has 3 rings (SSSR count). The lowest BCUT2D eigenvalue weighted by Gasteiger charge is -2.26. The van der Waals surface area contributed by atoms with Gasteiger partial charge < -0.3 is 19.3 Å². The number of hydrogen-bond donors (Lipinski definition) is 1. The van der Waals surface area contributed by atoms with E-state index < -0.39 is 0 Å². The molecule has 0 fully saturated rings. The van der Waals surface area contributed by atoms with Gasteiger partial charge in [-0.1, -0.05) is 6.07 Å². The Hall–Kier alpha value is -2.69. The molecule has 2 aromatic carbocycles. The van der Waals surface area contributed by atoms with Crippen molar-refractivity contribution in [2.75, 3.05) is 14.2 Å². The van der Waals surface area contributed by atoms with Gasteiger partial charge >= 0.3 is 0 Å². The van der Waals surface area contributed by atoms with Crippen molar-refractivity contribution in [3.8, 4) is 23.0 Å². The number of ether oxygens (including phenoxy) is 3. The summed E-state index contributed by atoms with van der Waals surface area (Å²) < 4.78 is 16.4. The summed E-state index contributed by atoms with van der Waals surface area (Å²) in [6.07, 6.45) is -0.171. The fourth-order valence-electron chi connectivity index (χ4n) is 2.55. The SMILES string of the molecule is COc1ccc(C2CC(=O)c3cc(O)ccc3O2)cc1OC. The summed E-state index contributed by atoms with van der Waals surface area (Å²) in [4.78, 5) is 12.3. The van der Waals surface area contributed by atoms with Crippen LogP contribution in [0, 0.1) is 0 Å². The number of carbonyl (C=O) groups is 1. The summed E-state index contributed by atoms with van der Waals surface area (Å²) in [7, 11) is 3.13. The molecule has 22 heavy (non-hydrogen) atoms. The van der Waals surface area contributed by atoms with E-state index in [9.17, 15) is 9.90 Å². The zero-order valence-corrected chi connectivity index (χ0v) is 12.3. The van der Waals surface area contributed by atoms with Crippen LogP contribution < -0.4 is 14.2 Å². The first-order chi connectivity index (χ1) is 10.6. The second-order valence-corrected chi connectivity index (χ2v) is 5.03. The summed E-state index contributed by atoms with van der Waals surface area (Å²) in [6, 6.07) is 9.99. The number of phenols is 1. The normalized spacial score (nSPS) is 16.6. The highest BCUT2D eigenvalue weighted by Gasteiger charge is 2.28. The van der Waals surface area contributed by atoms with Crippen LogP contribution in [-0.2, 0) is 0 Å². The molecule has 0 radical (unpaired) electrons. The minimum absolute atomic E-state index is 0.0558. The summed E-state index contributed by atoms with van der Waals surface area (Å²) in [6.45, 7) is 0. The molecule has 5 heteroatoms. The molecule has 1 heterocycles. The van der Waals surface area contributed by atoms with E-state index in [2.05, 4.69) is 0 Å². The Balaban J connectivity index is 1.94. The molecule has 1 aliphatic heterocycles. The molecule has 1 atom stereocenters. The third kappa shape index (κ3) is 2.45. The Morgan fingerprint density at radius 1 is 1.09 bits per heavy atom. The third-order valence-corrected chi connectivity index (χ3v) is 3.68. The number of Topliss-reactive ketones (excluding diaryl/α,β-unsaturated/α-hetero) is 1. The minimum Gasteiger partial charge on any atom is -0.508 e. The monoisotopic (exact) mass is 300 g/mol. The van der Waals surface area contributed by atoms with E-state index in [0.29, 0.717) is 22.8 Å². The highest BCUT2D eigenvalue weighted by molar-refractivity contribution is 6.00. The first kappa shape index (κ1) is 14.3. The minimum atomic E-state index is -0.385. The summed E-state index contributed by atoms with van der Waals surface area (Å²) in [5.74, 6) is 1.69. The second-order valence-electron chi connectivity index (χ2n) is 5.03. The molecule has 0 amide bonds. The van der Waals surface area contributed by atoms with Crippen molar-refractivity contribution < 1.29 is 24.1 Å².